The quantitative estimate of drug-likeness (QED) is 0.612. The number of rotatable bonds is 3. The first kappa shape index (κ1) is 15.4. The van der Waals surface area contributed by atoms with Crippen molar-refractivity contribution in [3.8, 4) is 29.0 Å². The summed E-state index contributed by atoms with van der Waals surface area (Å²) in [7, 11) is 0. The molecule has 3 aromatic rings. The second-order valence-corrected chi connectivity index (χ2v) is 5.55. The molecule has 0 aliphatic carbocycles. The molecule has 5 heteroatoms. The lowest BCUT2D eigenvalue weighted by molar-refractivity contribution is 0.462. The zero-order valence-corrected chi connectivity index (χ0v) is 13.3. The van der Waals surface area contributed by atoms with Gasteiger partial charge < -0.3 is 4.74 Å². The summed E-state index contributed by atoms with van der Waals surface area (Å²) in [6, 6.07) is 20.1. The minimum absolute atomic E-state index is 0.207. The van der Waals surface area contributed by atoms with E-state index in [1.165, 1.54) is 0 Å². The maximum Gasteiger partial charge on any atom is 0.237 e. The lowest BCUT2D eigenvalue weighted by Gasteiger charge is -2.10. The van der Waals surface area contributed by atoms with Gasteiger partial charge in [0.25, 0.3) is 0 Å². The van der Waals surface area contributed by atoms with Crippen LogP contribution >= 0.6 is 23.2 Å². The van der Waals surface area contributed by atoms with Crippen LogP contribution in [0.5, 0.6) is 11.6 Å². The van der Waals surface area contributed by atoms with Gasteiger partial charge in [0.1, 0.15) is 17.4 Å². The van der Waals surface area contributed by atoms with E-state index in [1.807, 2.05) is 30.3 Å². The van der Waals surface area contributed by atoms with Gasteiger partial charge >= 0.3 is 0 Å². The van der Waals surface area contributed by atoms with Gasteiger partial charge in [-0.2, -0.15) is 5.26 Å². The number of aromatic nitrogens is 1. The molecule has 0 atom stereocenters. The molecule has 0 N–H and O–H groups in total. The van der Waals surface area contributed by atoms with Gasteiger partial charge in [0.2, 0.25) is 5.88 Å². The molecule has 3 rings (SSSR count). The van der Waals surface area contributed by atoms with E-state index >= 15 is 0 Å². The van der Waals surface area contributed by atoms with Crippen molar-refractivity contribution in [3.63, 3.8) is 0 Å². The minimum atomic E-state index is 0.207. The van der Waals surface area contributed by atoms with Gasteiger partial charge in [0, 0.05) is 10.6 Å². The smallest absolute Gasteiger partial charge is 0.237 e. The fourth-order valence-corrected chi connectivity index (χ4v) is 2.48. The number of benzene rings is 2. The summed E-state index contributed by atoms with van der Waals surface area (Å²) in [6.07, 6.45) is 0. The Morgan fingerprint density at radius 2 is 1.74 bits per heavy atom. The molecule has 0 bridgehead atoms. The lowest BCUT2D eigenvalue weighted by atomic mass is 10.1. The van der Waals surface area contributed by atoms with E-state index < -0.39 is 0 Å². The first-order valence-electron chi connectivity index (χ1n) is 6.77. The van der Waals surface area contributed by atoms with E-state index in [4.69, 9.17) is 27.9 Å². The van der Waals surface area contributed by atoms with Gasteiger partial charge in [-0.25, -0.2) is 4.98 Å². The summed E-state index contributed by atoms with van der Waals surface area (Å²) in [5.74, 6) is 0.600. The summed E-state index contributed by atoms with van der Waals surface area (Å²) < 4.78 is 5.72. The molecule has 0 aliphatic rings. The number of ether oxygens (including phenoxy) is 1. The highest BCUT2D eigenvalue weighted by atomic mass is 35.5. The monoisotopic (exact) mass is 340 g/mol. The molecule has 0 aliphatic heterocycles. The predicted molar refractivity (Wildman–Crippen MR) is 90.9 cm³/mol. The van der Waals surface area contributed by atoms with Gasteiger partial charge in [0.15, 0.2) is 0 Å². The van der Waals surface area contributed by atoms with Gasteiger partial charge in [-0.1, -0.05) is 53.5 Å². The summed E-state index contributed by atoms with van der Waals surface area (Å²) in [5.41, 5.74) is 1.98. The van der Waals surface area contributed by atoms with Crippen molar-refractivity contribution in [1.82, 2.24) is 4.98 Å². The SMILES string of the molecule is N#Cc1ccc(-c2ccccc2)nc1Oc1ccc(Cl)cc1Cl. The largest absolute Gasteiger partial charge is 0.436 e. The Labute approximate surface area is 143 Å². The van der Waals surface area contributed by atoms with Crippen molar-refractivity contribution in [2.24, 2.45) is 0 Å². The number of nitriles is 1. The number of halogens is 2. The molecule has 0 saturated carbocycles. The van der Waals surface area contributed by atoms with Crippen molar-refractivity contribution in [2.45, 2.75) is 0 Å². The van der Waals surface area contributed by atoms with Gasteiger partial charge in [-0.3, -0.25) is 0 Å². The summed E-state index contributed by atoms with van der Waals surface area (Å²) >= 11 is 12.0. The molecular weight excluding hydrogens is 331 g/mol. The Balaban J connectivity index is 2.02. The highest BCUT2D eigenvalue weighted by Gasteiger charge is 2.11. The first-order valence-corrected chi connectivity index (χ1v) is 7.52. The van der Waals surface area contributed by atoms with Crippen LogP contribution in [-0.2, 0) is 0 Å². The Hall–Kier alpha value is -2.54. The van der Waals surface area contributed by atoms with Crippen molar-refractivity contribution in [2.75, 3.05) is 0 Å². The molecule has 0 radical (unpaired) electrons. The highest BCUT2D eigenvalue weighted by Crippen LogP contribution is 2.33. The average Bonchev–Trinajstić information content (AvgIpc) is 2.58. The third-order valence-corrected chi connectivity index (χ3v) is 3.68. The van der Waals surface area contributed by atoms with Crippen molar-refractivity contribution in [3.05, 3.63) is 76.3 Å². The summed E-state index contributed by atoms with van der Waals surface area (Å²) in [6.45, 7) is 0. The Kier molecular flexibility index (Phi) is 4.47. The molecule has 0 unspecified atom stereocenters. The number of hydrogen-bond acceptors (Lipinski definition) is 3. The molecule has 3 nitrogen and oxygen atoms in total. The molecular formula is C18H10Cl2N2O. The fraction of sp³-hybridized carbons (Fsp3) is 0. The fourth-order valence-electron chi connectivity index (χ4n) is 2.04. The van der Waals surface area contributed by atoms with Crippen molar-refractivity contribution in [1.29, 1.82) is 5.26 Å². The van der Waals surface area contributed by atoms with E-state index in [-0.39, 0.29) is 5.88 Å². The normalized spacial score (nSPS) is 10.1. The third kappa shape index (κ3) is 3.45. The molecule has 2 aromatic carbocycles. The van der Waals surface area contributed by atoms with E-state index in [0.717, 1.165) is 5.56 Å². The Bertz CT molecular complexity index is 889. The van der Waals surface area contributed by atoms with Crippen LogP contribution in [0, 0.1) is 11.3 Å². The van der Waals surface area contributed by atoms with Gasteiger partial charge in [-0.05, 0) is 30.3 Å². The summed E-state index contributed by atoms with van der Waals surface area (Å²) in [5, 5.41) is 10.1. The van der Waals surface area contributed by atoms with Crippen molar-refractivity contribution < 1.29 is 4.74 Å². The number of hydrogen-bond donors (Lipinski definition) is 0. The molecule has 1 heterocycles. The maximum atomic E-state index is 9.25. The molecule has 0 saturated heterocycles. The van der Waals surface area contributed by atoms with E-state index in [9.17, 15) is 5.26 Å². The average molecular weight is 341 g/mol. The van der Waals surface area contributed by atoms with Crippen LogP contribution in [0.4, 0.5) is 0 Å². The number of nitrogens with zero attached hydrogens (tertiary/aromatic N) is 2. The van der Waals surface area contributed by atoms with Crippen LogP contribution in [0.1, 0.15) is 5.56 Å². The van der Waals surface area contributed by atoms with E-state index in [0.29, 0.717) is 27.1 Å². The van der Waals surface area contributed by atoms with Crippen LogP contribution in [0.25, 0.3) is 11.3 Å². The Morgan fingerprint density at radius 3 is 2.43 bits per heavy atom. The predicted octanol–water partition coefficient (Wildman–Crippen LogP) is 5.72. The molecule has 112 valence electrons. The number of pyridine rings is 1. The topological polar surface area (TPSA) is 45.9 Å². The minimum Gasteiger partial charge on any atom is -0.436 e. The standard InChI is InChI=1S/C18H10Cl2N2O/c19-14-7-9-17(15(20)10-14)23-18-13(11-21)6-8-16(22-18)12-4-2-1-3-5-12/h1-10H. The molecule has 0 spiro atoms. The van der Waals surface area contributed by atoms with Gasteiger partial charge in [-0.15, -0.1) is 0 Å². The van der Waals surface area contributed by atoms with E-state index in [1.54, 1.807) is 30.3 Å². The second kappa shape index (κ2) is 6.70. The highest BCUT2D eigenvalue weighted by molar-refractivity contribution is 6.35. The molecule has 23 heavy (non-hydrogen) atoms. The van der Waals surface area contributed by atoms with E-state index in [2.05, 4.69) is 11.1 Å². The van der Waals surface area contributed by atoms with Crippen LogP contribution in [0.2, 0.25) is 10.0 Å². The molecule has 0 amide bonds. The van der Waals surface area contributed by atoms with Crippen LogP contribution in [0.3, 0.4) is 0 Å². The molecule has 0 fully saturated rings. The zero-order valence-electron chi connectivity index (χ0n) is 11.8. The Morgan fingerprint density at radius 1 is 0.957 bits per heavy atom. The van der Waals surface area contributed by atoms with Gasteiger partial charge in [0.05, 0.1) is 10.7 Å². The van der Waals surface area contributed by atoms with Crippen LogP contribution in [0.15, 0.2) is 60.7 Å². The van der Waals surface area contributed by atoms with Crippen LogP contribution < -0.4 is 4.74 Å². The summed E-state index contributed by atoms with van der Waals surface area (Å²) in [4.78, 5) is 4.44. The molecule has 1 aromatic heterocycles. The van der Waals surface area contributed by atoms with Crippen molar-refractivity contribution >= 4 is 23.2 Å². The lowest BCUT2D eigenvalue weighted by Crippen LogP contribution is -1.94. The van der Waals surface area contributed by atoms with Crippen LogP contribution in [-0.4, -0.2) is 4.98 Å². The maximum absolute atomic E-state index is 9.25. The zero-order chi connectivity index (χ0) is 16.2. The first-order chi connectivity index (χ1) is 11.2. The second-order valence-electron chi connectivity index (χ2n) is 4.70. The third-order valence-electron chi connectivity index (χ3n) is 3.15.